The van der Waals surface area contributed by atoms with Crippen molar-refractivity contribution in [1.29, 1.82) is 0 Å². The Morgan fingerprint density at radius 1 is 1.30 bits per heavy atom. The zero-order valence-electron chi connectivity index (χ0n) is 10.1. The second-order valence-corrected chi connectivity index (χ2v) is 5.66. The van der Waals surface area contributed by atoms with Gasteiger partial charge in [-0.1, -0.05) is 0 Å². The van der Waals surface area contributed by atoms with Crippen LogP contribution in [-0.2, 0) is 0 Å². The van der Waals surface area contributed by atoms with Gasteiger partial charge < -0.3 is 11.1 Å². The van der Waals surface area contributed by atoms with E-state index in [0.717, 1.165) is 17.1 Å². The average molecular weight is 320 g/mol. The predicted octanol–water partition coefficient (Wildman–Crippen LogP) is 3.45. The van der Waals surface area contributed by atoms with Crippen LogP contribution in [0.25, 0.3) is 11.1 Å². The molecule has 0 saturated carbocycles. The largest absolute Gasteiger partial charge is 0.441 e. The molecule has 2 aromatic rings. The van der Waals surface area contributed by atoms with E-state index in [2.05, 4.69) is 14.7 Å². The molecule has 0 unspecified atom stereocenters. The third-order valence-electron chi connectivity index (χ3n) is 2.34. The molecule has 0 spiro atoms. The Morgan fingerprint density at radius 2 is 2.00 bits per heavy atom. The van der Waals surface area contributed by atoms with Crippen molar-refractivity contribution < 1.29 is 13.2 Å². The van der Waals surface area contributed by atoms with E-state index < -0.39 is 5.51 Å². The molecule has 2 heterocycles. The smallest absolute Gasteiger partial charge is 0.382 e. The van der Waals surface area contributed by atoms with E-state index in [0.29, 0.717) is 16.4 Å². The summed E-state index contributed by atoms with van der Waals surface area (Å²) >= 11 is 1.07. The van der Waals surface area contributed by atoms with Gasteiger partial charge >= 0.3 is 5.51 Å². The highest BCUT2D eigenvalue weighted by Gasteiger charge is 2.27. The van der Waals surface area contributed by atoms with E-state index in [-0.39, 0.29) is 24.1 Å². The first-order valence-electron chi connectivity index (χ1n) is 5.57. The van der Waals surface area contributed by atoms with E-state index in [1.165, 1.54) is 0 Å². The maximum Gasteiger partial charge on any atom is 0.441 e. The normalized spacial score (nSPS) is 11.6. The van der Waals surface area contributed by atoms with Crippen LogP contribution in [-0.4, -0.2) is 27.2 Å². The Balaban J connectivity index is 2.03. The van der Waals surface area contributed by atoms with Gasteiger partial charge in [-0.2, -0.15) is 17.5 Å². The highest BCUT2D eigenvalue weighted by Crippen LogP contribution is 2.36. The molecule has 20 heavy (non-hydrogen) atoms. The summed E-state index contributed by atoms with van der Waals surface area (Å²) in [4.78, 5) is 3.91. The third-order valence-corrected chi connectivity index (χ3v) is 3.90. The van der Waals surface area contributed by atoms with Gasteiger partial charge in [0.15, 0.2) is 0 Å². The van der Waals surface area contributed by atoms with Gasteiger partial charge in [-0.05, 0) is 41.0 Å². The molecule has 0 aliphatic heterocycles. The van der Waals surface area contributed by atoms with Crippen LogP contribution in [0.15, 0.2) is 24.5 Å². The van der Waals surface area contributed by atoms with Crippen molar-refractivity contribution in [2.24, 2.45) is 0 Å². The average Bonchev–Trinajstić information content (AvgIpc) is 2.76. The van der Waals surface area contributed by atoms with Crippen LogP contribution in [0, 0.1) is 0 Å². The van der Waals surface area contributed by atoms with Crippen LogP contribution in [0.3, 0.4) is 0 Å². The summed E-state index contributed by atoms with van der Waals surface area (Å²) in [5.74, 6) is 0.282. The minimum atomic E-state index is -4.21. The Morgan fingerprint density at radius 3 is 2.65 bits per heavy atom. The van der Waals surface area contributed by atoms with Crippen molar-refractivity contribution in [3.05, 3.63) is 24.5 Å². The van der Waals surface area contributed by atoms with Gasteiger partial charge in [-0.25, -0.2) is 0 Å². The molecular formula is C11H11F3N4S2. The molecule has 2 rings (SSSR count). The number of thioether (sulfide) groups is 1. The van der Waals surface area contributed by atoms with Gasteiger partial charge in [0.1, 0.15) is 10.8 Å². The van der Waals surface area contributed by atoms with Crippen molar-refractivity contribution in [2.75, 3.05) is 23.3 Å². The molecule has 0 radical (unpaired) electrons. The lowest BCUT2D eigenvalue weighted by Gasteiger charge is -2.08. The van der Waals surface area contributed by atoms with Crippen molar-refractivity contribution in [2.45, 2.75) is 5.51 Å². The molecular weight excluding hydrogens is 309 g/mol. The van der Waals surface area contributed by atoms with E-state index in [1.807, 2.05) is 0 Å². The van der Waals surface area contributed by atoms with Crippen LogP contribution in [0.4, 0.5) is 24.0 Å². The molecule has 0 bridgehead atoms. The van der Waals surface area contributed by atoms with Gasteiger partial charge in [0.2, 0.25) is 0 Å². The monoisotopic (exact) mass is 320 g/mol. The maximum atomic E-state index is 12.0. The third kappa shape index (κ3) is 4.01. The number of hydrogen-bond acceptors (Lipinski definition) is 6. The summed E-state index contributed by atoms with van der Waals surface area (Å²) in [5, 5.41) is 3.60. The van der Waals surface area contributed by atoms with Crippen LogP contribution >= 0.6 is 23.3 Å². The summed E-state index contributed by atoms with van der Waals surface area (Å²) in [7, 11) is 0. The van der Waals surface area contributed by atoms with Gasteiger partial charge in [-0.3, -0.25) is 4.98 Å². The number of pyridine rings is 1. The number of hydrogen-bond donors (Lipinski definition) is 2. The first-order valence-corrected chi connectivity index (χ1v) is 7.33. The Bertz CT molecular complexity index is 557. The lowest BCUT2D eigenvalue weighted by atomic mass is 10.1. The number of halogens is 3. The lowest BCUT2D eigenvalue weighted by molar-refractivity contribution is -0.0327. The Hall–Kier alpha value is -1.48. The van der Waals surface area contributed by atoms with Crippen molar-refractivity contribution in [3.8, 4) is 11.1 Å². The van der Waals surface area contributed by atoms with E-state index in [1.54, 1.807) is 24.5 Å². The molecule has 4 nitrogen and oxygen atoms in total. The number of nitrogens with zero attached hydrogens (tertiary/aromatic N) is 2. The Labute approximate surface area is 121 Å². The highest BCUT2D eigenvalue weighted by molar-refractivity contribution is 8.00. The summed E-state index contributed by atoms with van der Waals surface area (Å²) in [5.41, 5.74) is 3.13. The zero-order chi connectivity index (χ0) is 14.6. The molecule has 3 N–H and O–H groups in total. The topological polar surface area (TPSA) is 63.8 Å². The molecule has 9 heteroatoms. The number of anilines is 2. The number of aromatic nitrogens is 2. The van der Waals surface area contributed by atoms with Crippen molar-refractivity contribution >= 4 is 34.1 Å². The van der Waals surface area contributed by atoms with Gasteiger partial charge in [0.25, 0.3) is 0 Å². The molecule has 0 fully saturated rings. The molecule has 0 atom stereocenters. The fourth-order valence-electron chi connectivity index (χ4n) is 1.55. The fraction of sp³-hybridized carbons (Fsp3) is 0.273. The predicted molar refractivity (Wildman–Crippen MR) is 76.8 cm³/mol. The fourth-order valence-corrected chi connectivity index (χ4v) is 2.75. The van der Waals surface area contributed by atoms with Crippen molar-refractivity contribution in [1.82, 2.24) is 9.36 Å². The van der Waals surface area contributed by atoms with Gasteiger partial charge in [0.05, 0.1) is 5.56 Å². The number of nitrogens with two attached hydrogens (primary N) is 1. The van der Waals surface area contributed by atoms with Crippen LogP contribution < -0.4 is 11.1 Å². The van der Waals surface area contributed by atoms with Crippen LogP contribution in [0.1, 0.15) is 0 Å². The summed E-state index contributed by atoms with van der Waals surface area (Å²) < 4.78 is 40.1. The quantitative estimate of drug-likeness (QED) is 0.826. The summed E-state index contributed by atoms with van der Waals surface area (Å²) in [6.07, 6.45) is 3.24. The van der Waals surface area contributed by atoms with E-state index in [4.69, 9.17) is 5.73 Å². The standard InChI is InChI=1S/C11H11F3N4S2/c12-11(13,14)19-6-5-17-10-8(9(15)18-20-10)7-1-3-16-4-2-7/h1-4,17H,5-6H2,(H2,15,18). The molecule has 0 aromatic carbocycles. The van der Waals surface area contributed by atoms with Gasteiger partial charge in [0, 0.05) is 24.7 Å². The zero-order valence-corrected chi connectivity index (χ0v) is 11.8. The second-order valence-electron chi connectivity index (χ2n) is 3.73. The van der Waals surface area contributed by atoms with E-state index in [9.17, 15) is 13.2 Å². The van der Waals surface area contributed by atoms with Gasteiger partial charge in [-0.15, -0.1) is 0 Å². The molecule has 108 valence electrons. The number of nitrogen functional groups attached to an aromatic ring is 1. The lowest BCUT2D eigenvalue weighted by Crippen LogP contribution is -2.09. The van der Waals surface area contributed by atoms with E-state index >= 15 is 0 Å². The number of nitrogens with one attached hydrogen (secondary N) is 1. The van der Waals surface area contributed by atoms with Crippen molar-refractivity contribution in [3.63, 3.8) is 0 Å². The molecule has 2 aromatic heterocycles. The molecule has 0 saturated heterocycles. The summed E-state index contributed by atoms with van der Waals surface area (Å²) in [6.45, 7) is 0.184. The Kier molecular flexibility index (Phi) is 4.71. The minimum Gasteiger partial charge on any atom is -0.382 e. The molecule has 0 amide bonds. The maximum absolute atomic E-state index is 12.0. The number of alkyl halides is 3. The van der Waals surface area contributed by atoms with Crippen LogP contribution in [0.5, 0.6) is 0 Å². The minimum absolute atomic E-state index is 0.0582. The SMILES string of the molecule is Nc1nsc(NCCSC(F)(F)F)c1-c1ccncc1. The number of rotatable bonds is 5. The van der Waals surface area contributed by atoms with Crippen LogP contribution in [0.2, 0.25) is 0 Å². The first-order chi connectivity index (χ1) is 9.47. The highest BCUT2D eigenvalue weighted by atomic mass is 32.2. The molecule has 0 aliphatic rings. The molecule has 0 aliphatic carbocycles. The first kappa shape index (κ1) is 14.9. The summed E-state index contributed by atoms with van der Waals surface area (Å²) in [6, 6.07) is 3.55. The second kappa shape index (κ2) is 6.31.